The third kappa shape index (κ3) is 3.79. The number of fused-ring (bicyclic) bond motifs is 1. The van der Waals surface area contributed by atoms with Crippen LogP contribution >= 0.6 is 12.4 Å². The second-order valence-electron chi connectivity index (χ2n) is 7.65. The largest absolute Gasteiger partial charge is 0.486 e. The van der Waals surface area contributed by atoms with Crippen molar-refractivity contribution >= 4 is 18.3 Å². The van der Waals surface area contributed by atoms with E-state index >= 15 is 0 Å². The van der Waals surface area contributed by atoms with Crippen molar-refractivity contribution in [1.82, 2.24) is 10.2 Å². The van der Waals surface area contributed by atoms with E-state index < -0.39 is 0 Å². The van der Waals surface area contributed by atoms with Gasteiger partial charge >= 0.3 is 0 Å². The maximum absolute atomic E-state index is 13.1. The van der Waals surface area contributed by atoms with Crippen LogP contribution in [0.3, 0.4) is 0 Å². The van der Waals surface area contributed by atoms with Gasteiger partial charge in [-0.15, -0.1) is 12.4 Å². The van der Waals surface area contributed by atoms with E-state index in [0.717, 1.165) is 56.8 Å². The van der Waals surface area contributed by atoms with Crippen molar-refractivity contribution in [2.75, 3.05) is 32.8 Å². The molecule has 5 nitrogen and oxygen atoms in total. The van der Waals surface area contributed by atoms with E-state index in [1.807, 2.05) is 29.2 Å². The van der Waals surface area contributed by atoms with Crippen molar-refractivity contribution in [3.05, 3.63) is 24.3 Å². The molecule has 1 aromatic rings. The first-order valence-electron chi connectivity index (χ1n) is 9.60. The summed E-state index contributed by atoms with van der Waals surface area (Å²) in [6, 6.07) is 7.75. The Morgan fingerprint density at radius 3 is 2.73 bits per heavy atom. The molecule has 1 spiro atoms. The number of nitrogens with zero attached hydrogens (tertiary/aromatic N) is 1. The fourth-order valence-electron chi connectivity index (χ4n) is 4.35. The van der Waals surface area contributed by atoms with Gasteiger partial charge in [0.15, 0.2) is 17.6 Å². The molecule has 1 saturated heterocycles. The maximum Gasteiger partial charge on any atom is 0.226 e. The summed E-state index contributed by atoms with van der Waals surface area (Å²) in [4.78, 5) is 15.1. The number of amides is 1. The topological polar surface area (TPSA) is 50.8 Å². The number of carbonyl (C=O) groups excluding carboxylic acids is 1. The molecule has 1 saturated carbocycles. The molecule has 0 aromatic heterocycles. The number of halogens is 1. The number of benzene rings is 1. The average Bonchev–Trinajstić information content (AvgIpc) is 3.34. The normalized spacial score (nSPS) is 25.3. The SMILES string of the molecule is CCCN(CC1COc2ccccc2O1)C(=O)C1CC12CCNCC2.Cl. The molecular formula is C20H29ClN2O3. The molecule has 2 unspecified atom stereocenters. The predicted octanol–water partition coefficient (Wildman–Crippen LogP) is 2.88. The molecule has 3 aliphatic rings. The van der Waals surface area contributed by atoms with E-state index in [1.54, 1.807) is 0 Å². The Morgan fingerprint density at radius 1 is 1.27 bits per heavy atom. The van der Waals surface area contributed by atoms with Gasteiger partial charge < -0.3 is 19.7 Å². The Bertz CT molecular complexity index is 633. The monoisotopic (exact) mass is 380 g/mol. The molecule has 2 atom stereocenters. The van der Waals surface area contributed by atoms with E-state index in [1.165, 1.54) is 0 Å². The molecule has 6 heteroatoms. The van der Waals surface area contributed by atoms with Crippen LogP contribution in [-0.2, 0) is 4.79 Å². The van der Waals surface area contributed by atoms with Crippen molar-refractivity contribution in [2.45, 2.75) is 38.7 Å². The van der Waals surface area contributed by atoms with Gasteiger partial charge in [0.05, 0.1) is 6.54 Å². The molecule has 2 aliphatic heterocycles. The highest BCUT2D eigenvalue weighted by atomic mass is 35.5. The summed E-state index contributed by atoms with van der Waals surface area (Å²) >= 11 is 0. The van der Waals surface area contributed by atoms with Crippen molar-refractivity contribution in [1.29, 1.82) is 0 Å². The van der Waals surface area contributed by atoms with E-state index in [4.69, 9.17) is 9.47 Å². The van der Waals surface area contributed by atoms with E-state index in [9.17, 15) is 4.79 Å². The van der Waals surface area contributed by atoms with Crippen LogP contribution in [0, 0.1) is 11.3 Å². The van der Waals surface area contributed by atoms with Crippen molar-refractivity contribution in [3.63, 3.8) is 0 Å². The number of para-hydroxylation sites is 2. The van der Waals surface area contributed by atoms with Crippen LogP contribution in [0.1, 0.15) is 32.6 Å². The van der Waals surface area contributed by atoms with Crippen LogP contribution in [0.2, 0.25) is 0 Å². The molecule has 2 fully saturated rings. The van der Waals surface area contributed by atoms with Gasteiger partial charge in [0, 0.05) is 12.5 Å². The summed E-state index contributed by atoms with van der Waals surface area (Å²) in [6.07, 6.45) is 4.23. The highest BCUT2D eigenvalue weighted by molar-refractivity contribution is 5.85. The summed E-state index contributed by atoms with van der Waals surface area (Å²) in [5.74, 6) is 2.12. The minimum absolute atomic E-state index is 0. The molecule has 144 valence electrons. The molecule has 0 radical (unpaired) electrons. The molecule has 26 heavy (non-hydrogen) atoms. The predicted molar refractivity (Wildman–Crippen MR) is 103 cm³/mol. The Labute approximate surface area is 161 Å². The highest BCUT2D eigenvalue weighted by Crippen LogP contribution is 2.59. The number of carbonyl (C=O) groups is 1. The zero-order valence-corrected chi connectivity index (χ0v) is 16.2. The Hall–Kier alpha value is -1.46. The smallest absolute Gasteiger partial charge is 0.226 e. The molecule has 4 rings (SSSR count). The van der Waals surface area contributed by atoms with Gasteiger partial charge in [-0.3, -0.25) is 4.79 Å². The number of rotatable bonds is 5. The quantitative estimate of drug-likeness (QED) is 0.853. The lowest BCUT2D eigenvalue weighted by Crippen LogP contribution is -2.45. The van der Waals surface area contributed by atoms with Crippen molar-refractivity contribution in [2.24, 2.45) is 11.3 Å². The van der Waals surface area contributed by atoms with Gasteiger partial charge in [-0.1, -0.05) is 19.1 Å². The fraction of sp³-hybridized carbons (Fsp3) is 0.650. The van der Waals surface area contributed by atoms with Gasteiger partial charge in [-0.05, 0) is 56.3 Å². The summed E-state index contributed by atoms with van der Waals surface area (Å²) in [5, 5.41) is 3.41. The van der Waals surface area contributed by atoms with Crippen LogP contribution in [0.4, 0.5) is 0 Å². The van der Waals surface area contributed by atoms with Gasteiger partial charge in [0.25, 0.3) is 0 Å². The average molecular weight is 381 g/mol. The van der Waals surface area contributed by atoms with Crippen molar-refractivity contribution in [3.8, 4) is 11.5 Å². The number of ether oxygens (including phenoxy) is 2. The first-order chi connectivity index (χ1) is 12.2. The summed E-state index contributed by atoms with van der Waals surface area (Å²) < 4.78 is 11.9. The van der Waals surface area contributed by atoms with Gasteiger partial charge in [0.2, 0.25) is 5.91 Å². The minimum atomic E-state index is -0.0897. The molecule has 0 bridgehead atoms. The second kappa shape index (κ2) is 8.05. The summed E-state index contributed by atoms with van der Waals surface area (Å²) in [7, 11) is 0. The van der Waals surface area contributed by atoms with Gasteiger partial charge in [0.1, 0.15) is 6.61 Å². The zero-order chi connectivity index (χ0) is 17.3. The first-order valence-corrected chi connectivity index (χ1v) is 9.60. The third-order valence-corrected chi connectivity index (χ3v) is 5.88. The number of piperidine rings is 1. The Kier molecular flexibility index (Phi) is 5.98. The molecule has 1 aliphatic carbocycles. The van der Waals surface area contributed by atoms with Crippen LogP contribution in [0.25, 0.3) is 0 Å². The fourth-order valence-corrected chi connectivity index (χ4v) is 4.35. The number of hydrogen-bond acceptors (Lipinski definition) is 4. The van der Waals surface area contributed by atoms with E-state index in [-0.39, 0.29) is 29.8 Å². The van der Waals surface area contributed by atoms with Crippen LogP contribution < -0.4 is 14.8 Å². The number of nitrogens with one attached hydrogen (secondary N) is 1. The second-order valence-corrected chi connectivity index (χ2v) is 7.65. The van der Waals surface area contributed by atoms with Crippen LogP contribution in [0.5, 0.6) is 11.5 Å². The lowest BCUT2D eigenvalue weighted by atomic mass is 9.91. The number of hydrogen-bond donors (Lipinski definition) is 1. The lowest BCUT2D eigenvalue weighted by molar-refractivity contribution is -0.135. The van der Waals surface area contributed by atoms with Crippen molar-refractivity contribution < 1.29 is 14.3 Å². The molecule has 2 heterocycles. The standard InChI is InChI=1S/C20H28N2O3.ClH/c1-2-11-22(19(23)16-12-20(16)7-9-21-10-8-20)13-15-14-24-17-5-3-4-6-18(17)25-15;/h3-6,15-16,21H,2,7-14H2,1H3;1H. The summed E-state index contributed by atoms with van der Waals surface area (Å²) in [6.45, 7) is 6.14. The highest BCUT2D eigenvalue weighted by Gasteiger charge is 2.58. The summed E-state index contributed by atoms with van der Waals surface area (Å²) in [5.41, 5.74) is 0.283. The van der Waals surface area contributed by atoms with Crippen LogP contribution in [0.15, 0.2) is 24.3 Å². The first kappa shape index (κ1) is 19.3. The Balaban J connectivity index is 0.00000196. The minimum Gasteiger partial charge on any atom is -0.486 e. The lowest BCUT2D eigenvalue weighted by Gasteiger charge is -2.32. The Morgan fingerprint density at radius 2 is 2.00 bits per heavy atom. The van der Waals surface area contributed by atoms with Gasteiger partial charge in [-0.2, -0.15) is 0 Å². The molecule has 1 N–H and O–H groups in total. The van der Waals surface area contributed by atoms with Crippen LogP contribution in [-0.4, -0.2) is 49.7 Å². The van der Waals surface area contributed by atoms with E-state index in [2.05, 4.69) is 12.2 Å². The molecule has 1 amide bonds. The van der Waals surface area contributed by atoms with Gasteiger partial charge in [-0.25, -0.2) is 0 Å². The molecular weight excluding hydrogens is 352 g/mol. The van der Waals surface area contributed by atoms with E-state index in [0.29, 0.717) is 19.1 Å². The zero-order valence-electron chi connectivity index (χ0n) is 15.4. The molecule has 1 aromatic carbocycles. The third-order valence-electron chi connectivity index (χ3n) is 5.88. The maximum atomic E-state index is 13.1.